The summed E-state index contributed by atoms with van der Waals surface area (Å²) < 4.78 is 10.6. The Morgan fingerprint density at radius 2 is 1.67 bits per heavy atom. The van der Waals surface area contributed by atoms with E-state index in [4.69, 9.17) is 9.47 Å². The van der Waals surface area contributed by atoms with E-state index in [0.29, 0.717) is 0 Å². The molecule has 0 amide bonds. The van der Waals surface area contributed by atoms with E-state index in [-0.39, 0.29) is 6.04 Å². The molecule has 2 aromatic rings. The molecule has 21 heavy (non-hydrogen) atoms. The standard InChI is InChI=1S/C18H23NO2/c1-14(17-6-4-5-7-18(17)21-3)19-13-12-15-8-10-16(20-2)11-9-15/h4-11,14,19H,12-13H2,1-3H3. The van der Waals surface area contributed by atoms with Gasteiger partial charge < -0.3 is 14.8 Å². The summed E-state index contributed by atoms with van der Waals surface area (Å²) in [4.78, 5) is 0. The Morgan fingerprint density at radius 3 is 2.33 bits per heavy atom. The van der Waals surface area contributed by atoms with Crippen LogP contribution in [0.15, 0.2) is 48.5 Å². The summed E-state index contributed by atoms with van der Waals surface area (Å²) >= 11 is 0. The van der Waals surface area contributed by atoms with Crippen molar-refractivity contribution in [2.24, 2.45) is 0 Å². The van der Waals surface area contributed by atoms with Gasteiger partial charge in [-0.05, 0) is 43.7 Å². The normalized spacial score (nSPS) is 12.0. The van der Waals surface area contributed by atoms with E-state index in [1.807, 2.05) is 30.3 Å². The molecule has 0 spiro atoms. The Labute approximate surface area is 126 Å². The third-order valence-corrected chi connectivity index (χ3v) is 3.63. The first kappa shape index (κ1) is 15.4. The fourth-order valence-corrected chi connectivity index (χ4v) is 2.36. The number of hydrogen-bond acceptors (Lipinski definition) is 3. The summed E-state index contributed by atoms with van der Waals surface area (Å²) in [7, 11) is 3.40. The van der Waals surface area contributed by atoms with Gasteiger partial charge in [-0.1, -0.05) is 30.3 Å². The summed E-state index contributed by atoms with van der Waals surface area (Å²) in [6.07, 6.45) is 0.990. The molecule has 0 aliphatic rings. The van der Waals surface area contributed by atoms with Crippen molar-refractivity contribution in [2.45, 2.75) is 19.4 Å². The predicted molar refractivity (Wildman–Crippen MR) is 86.1 cm³/mol. The second-order valence-electron chi connectivity index (χ2n) is 5.02. The van der Waals surface area contributed by atoms with Gasteiger partial charge in [0.25, 0.3) is 0 Å². The summed E-state index contributed by atoms with van der Waals surface area (Å²) in [5.74, 6) is 1.83. The molecule has 0 aliphatic carbocycles. The number of rotatable bonds is 7. The molecular weight excluding hydrogens is 262 g/mol. The van der Waals surface area contributed by atoms with Gasteiger partial charge in [0.2, 0.25) is 0 Å². The molecule has 0 radical (unpaired) electrons. The molecule has 0 heterocycles. The van der Waals surface area contributed by atoms with Crippen LogP contribution in [0.4, 0.5) is 0 Å². The van der Waals surface area contributed by atoms with Crippen LogP contribution < -0.4 is 14.8 Å². The van der Waals surface area contributed by atoms with Gasteiger partial charge in [0.1, 0.15) is 11.5 Å². The zero-order chi connectivity index (χ0) is 15.1. The summed E-state index contributed by atoms with van der Waals surface area (Å²) in [6.45, 7) is 3.08. The molecule has 0 fully saturated rings. The first-order chi connectivity index (χ1) is 10.2. The first-order valence-corrected chi connectivity index (χ1v) is 7.24. The predicted octanol–water partition coefficient (Wildman–Crippen LogP) is 3.60. The second-order valence-corrected chi connectivity index (χ2v) is 5.02. The van der Waals surface area contributed by atoms with E-state index < -0.39 is 0 Å². The molecule has 0 saturated carbocycles. The highest BCUT2D eigenvalue weighted by Gasteiger charge is 2.09. The molecule has 2 aromatic carbocycles. The van der Waals surface area contributed by atoms with Gasteiger partial charge in [0.15, 0.2) is 0 Å². The van der Waals surface area contributed by atoms with Crippen LogP contribution in [0.25, 0.3) is 0 Å². The largest absolute Gasteiger partial charge is 0.497 e. The lowest BCUT2D eigenvalue weighted by Gasteiger charge is -2.17. The van der Waals surface area contributed by atoms with E-state index in [9.17, 15) is 0 Å². The zero-order valence-corrected chi connectivity index (χ0v) is 12.9. The zero-order valence-electron chi connectivity index (χ0n) is 12.9. The number of ether oxygens (including phenoxy) is 2. The molecule has 112 valence electrons. The highest BCUT2D eigenvalue weighted by Crippen LogP contribution is 2.24. The highest BCUT2D eigenvalue weighted by atomic mass is 16.5. The van der Waals surface area contributed by atoms with E-state index in [2.05, 4.69) is 30.4 Å². The number of hydrogen-bond donors (Lipinski definition) is 1. The van der Waals surface area contributed by atoms with Crippen molar-refractivity contribution in [1.29, 1.82) is 0 Å². The van der Waals surface area contributed by atoms with Crippen LogP contribution in [0, 0.1) is 0 Å². The number of methoxy groups -OCH3 is 2. The van der Waals surface area contributed by atoms with E-state index in [0.717, 1.165) is 24.5 Å². The first-order valence-electron chi connectivity index (χ1n) is 7.24. The molecule has 2 rings (SSSR count). The Hall–Kier alpha value is -2.00. The third kappa shape index (κ3) is 4.23. The lowest BCUT2D eigenvalue weighted by atomic mass is 10.1. The topological polar surface area (TPSA) is 30.5 Å². The van der Waals surface area contributed by atoms with Crippen molar-refractivity contribution >= 4 is 0 Å². The molecular formula is C18H23NO2. The van der Waals surface area contributed by atoms with E-state index in [1.165, 1.54) is 11.1 Å². The van der Waals surface area contributed by atoms with Gasteiger partial charge in [-0.25, -0.2) is 0 Å². The molecule has 0 aromatic heterocycles. The van der Waals surface area contributed by atoms with Crippen LogP contribution in [0.5, 0.6) is 11.5 Å². The van der Waals surface area contributed by atoms with Crippen molar-refractivity contribution in [3.63, 3.8) is 0 Å². The van der Waals surface area contributed by atoms with Crippen molar-refractivity contribution in [3.8, 4) is 11.5 Å². The van der Waals surface area contributed by atoms with Crippen molar-refractivity contribution in [1.82, 2.24) is 5.32 Å². The van der Waals surface area contributed by atoms with Gasteiger partial charge in [-0.3, -0.25) is 0 Å². The molecule has 0 aliphatic heterocycles. The van der Waals surface area contributed by atoms with Gasteiger partial charge in [-0.2, -0.15) is 0 Å². The van der Waals surface area contributed by atoms with Crippen molar-refractivity contribution in [3.05, 3.63) is 59.7 Å². The molecule has 1 atom stereocenters. The average molecular weight is 285 g/mol. The summed E-state index contributed by atoms with van der Waals surface area (Å²) in [5.41, 5.74) is 2.49. The maximum absolute atomic E-state index is 5.40. The summed E-state index contributed by atoms with van der Waals surface area (Å²) in [5, 5.41) is 3.54. The van der Waals surface area contributed by atoms with Crippen LogP contribution in [-0.4, -0.2) is 20.8 Å². The Kier molecular flexibility index (Phi) is 5.64. The average Bonchev–Trinajstić information content (AvgIpc) is 2.55. The Bertz CT molecular complexity index is 551. The molecule has 3 heteroatoms. The minimum Gasteiger partial charge on any atom is -0.497 e. The number of nitrogens with one attached hydrogen (secondary N) is 1. The number of para-hydroxylation sites is 1. The highest BCUT2D eigenvalue weighted by molar-refractivity contribution is 5.35. The summed E-state index contributed by atoms with van der Waals surface area (Å²) in [6, 6.07) is 16.6. The Balaban J connectivity index is 1.87. The van der Waals surface area contributed by atoms with Gasteiger partial charge in [0, 0.05) is 11.6 Å². The molecule has 3 nitrogen and oxygen atoms in total. The van der Waals surface area contributed by atoms with Crippen LogP contribution in [0.1, 0.15) is 24.1 Å². The lowest BCUT2D eigenvalue weighted by molar-refractivity contribution is 0.402. The Morgan fingerprint density at radius 1 is 0.952 bits per heavy atom. The minimum atomic E-state index is 0.263. The third-order valence-electron chi connectivity index (χ3n) is 3.63. The van der Waals surface area contributed by atoms with Gasteiger partial charge >= 0.3 is 0 Å². The SMILES string of the molecule is COc1ccc(CCNC(C)c2ccccc2OC)cc1. The van der Waals surface area contributed by atoms with Crippen LogP contribution >= 0.6 is 0 Å². The number of benzene rings is 2. The van der Waals surface area contributed by atoms with E-state index >= 15 is 0 Å². The van der Waals surface area contributed by atoms with Gasteiger partial charge in [-0.15, -0.1) is 0 Å². The quantitative estimate of drug-likeness (QED) is 0.843. The van der Waals surface area contributed by atoms with Crippen LogP contribution in [0.3, 0.4) is 0 Å². The minimum absolute atomic E-state index is 0.263. The second kappa shape index (κ2) is 7.70. The fraction of sp³-hybridized carbons (Fsp3) is 0.333. The van der Waals surface area contributed by atoms with Crippen LogP contribution in [0.2, 0.25) is 0 Å². The van der Waals surface area contributed by atoms with Crippen molar-refractivity contribution < 1.29 is 9.47 Å². The molecule has 1 unspecified atom stereocenters. The molecule has 0 bridgehead atoms. The van der Waals surface area contributed by atoms with Gasteiger partial charge in [0.05, 0.1) is 14.2 Å². The molecule has 1 N–H and O–H groups in total. The monoisotopic (exact) mass is 285 g/mol. The maximum Gasteiger partial charge on any atom is 0.123 e. The van der Waals surface area contributed by atoms with Crippen LogP contribution in [-0.2, 0) is 6.42 Å². The molecule has 0 saturated heterocycles. The smallest absolute Gasteiger partial charge is 0.123 e. The lowest BCUT2D eigenvalue weighted by Crippen LogP contribution is -2.21. The fourth-order valence-electron chi connectivity index (χ4n) is 2.36. The maximum atomic E-state index is 5.40. The van der Waals surface area contributed by atoms with E-state index in [1.54, 1.807) is 14.2 Å². The van der Waals surface area contributed by atoms with Crippen molar-refractivity contribution in [2.75, 3.05) is 20.8 Å².